The van der Waals surface area contributed by atoms with Crippen molar-refractivity contribution in [3.05, 3.63) is 52.0 Å². The normalized spacial score (nSPS) is 10.7. The van der Waals surface area contributed by atoms with Crippen molar-refractivity contribution < 1.29 is 4.39 Å². The highest BCUT2D eigenvalue weighted by molar-refractivity contribution is 9.10. The molecular weight excluding hydrogens is 307 g/mol. The van der Waals surface area contributed by atoms with Crippen molar-refractivity contribution >= 4 is 21.6 Å². The smallest absolute Gasteiger partial charge is 0.139 e. The molecule has 2 aromatic rings. The maximum atomic E-state index is 13.5. The number of anilines is 1. The largest absolute Gasteiger partial charge is 0.381 e. The Kier molecular flexibility index (Phi) is 4.64. The monoisotopic (exact) mass is 324 g/mol. The third kappa shape index (κ3) is 3.60. The summed E-state index contributed by atoms with van der Waals surface area (Å²) in [5.41, 5.74) is 3.07. The van der Waals surface area contributed by atoms with Gasteiger partial charge in [-0.05, 0) is 58.6 Å². The molecule has 102 valence electrons. The van der Waals surface area contributed by atoms with Gasteiger partial charge in [-0.15, -0.1) is 0 Å². The van der Waals surface area contributed by atoms with Crippen molar-refractivity contribution in [3.63, 3.8) is 0 Å². The van der Waals surface area contributed by atoms with Crippen LogP contribution in [0.5, 0.6) is 0 Å². The molecule has 0 saturated carbocycles. The summed E-state index contributed by atoms with van der Waals surface area (Å²) in [7, 11) is 0. The van der Waals surface area contributed by atoms with E-state index in [1.165, 1.54) is 11.6 Å². The first kappa shape index (κ1) is 14.1. The Morgan fingerprint density at radius 2 is 2.16 bits per heavy atom. The molecule has 0 bridgehead atoms. The van der Waals surface area contributed by atoms with Crippen LogP contribution >= 0.6 is 15.9 Å². The molecule has 0 fully saturated rings. The molecule has 0 atom stereocenters. The van der Waals surface area contributed by atoms with Crippen molar-refractivity contribution in [1.29, 1.82) is 0 Å². The molecule has 1 heterocycles. The number of aromatic nitrogens is 1. The Bertz CT molecular complexity index is 563. The molecule has 2 rings (SSSR count). The highest BCUT2D eigenvalue weighted by Crippen LogP contribution is 2.24. The van der Waals surface area contributed by atoms with E-state index >= 15 is 0 Å². The second-order valence-corrected chi connectivity index (χ2v) is 5.55. The van der Waals surface area contributed by atoms with E-state index in [1.807, 2.05) is 6.92 Å². The zero-order valence-corrected chi connectivity index (χ0v) is 12.8. The van der Waals surface area contributed by atoms with E-state index in [-0.39, 0.29) is 5.82 Å². The van der Waals surface area contributed by atoms with Gasteiger partial charge in [0.05, 0.1) is 4.47 Å². The molecule has 19 heavy (non-hydrogen) atoms. The van der Waals surface area contributed by atoms with Crippen molar-refractivity contribution in [1.82, 2.24) is 4.57 Å². The molecule has 1 aromatic carbocycles. The van der Waals surface area contributed by atoms with E-state index in [1.54, 1.807) is 6.07 Å². The highest BCUT2D eigenvalue weighted by atomic mass is 79.9. The number of aryl methyl sites for hydroxylation is 2. The van der Waals surface area contributed by atoms with Crippen LogP contribution < -0.4 is 5.32 Å². The van der Waals surface area contributed by atoms with Gasteiger partial charge < -0.3 is 9.88 Å². The first-order valence-electron chi connectivity index (χ1n) is 6.44. The first-order valence-corrected chi connectivity index (χ1v) is 7.23. The number of benzene rings is 1. The zero-order chi connectivity index (χ0) is 13.8. The molecular formula is C15H18BrFN2. The predicted molar refractivity (Wildman–Crippen MR) is 80.9 cm³/mol. The molecule has 0 saturated heterocycles. The Morgan fingerprint density at radius 3 is 2.89 bits per heavy atom. The van der Waals surface area contributed by atoms with Crippen LogP contribution in [0.1, 0.15) is 24.5 Å². The summed E-state index contributed by atoms with van der Waals surface area (Å²) in [6.45, 7) is 5.87. The summed E-state index contributed by atoms with van der Waals surface area (Å²) >= 11 is 3.19. The van der Waals surface area contributed by atoms with Crippen LogP contribution in [0.3, 0.4) is 0 Å². The van der Waals surface area contributed by atoms with Crippen LogP contribution in [0.25, 0.3) is 0 Å². The maximum absolute atomic E-state index is 13.5. The third-order valence-electron chi connectivity index (χ3n) is 3.04. The number of nitrogens with one attached hydrogen (secondary N) is 1. The second kappa shape index (κ2) is 6.24. The standard InChI is InChI=1S/C15H18BrFN2/c1-3-5-19-6-4-12(10-19)9-18-15-8-14(17)13(16)7-11(15)2/h4,6-8,10,18H,3,5,9H2,1-2H3. The molecule has 0 aliphatic carbocycles. The lowest BCUT2D eigenvalue weighted by Crippen LogP contribution is -2.01. The lowest BCUT2D eigenvalue weighted by Gasteiger charge is -2.10. The fraction of sp³-hybridized carbons (Fsp3) is 0.333. The summed E-state index contributed by atoms with van der Waals surface area (Å²) in [4.78, 5) is 0. The third-order valence-corrected chi connectivity index (χ3v) is 3.65. The van der Waals surface area contributed by atoms with Crippen LogP contribution in [-0.2, 0) is 13.1 Å². The van der Waals surface area contributed by atoms with Gasteiger partial charge in [0.1, 0.15) is 5.82 Å². The minimum atomic E-state index is -0.239. The van der Waals surface area contributed by atoms with E-state index in [2.05, 4.69) is 51.2 Å². The van der Waals surface area contributed by atoms with Crippen molar-refractivity contribution in [2.75, 3.05) is 5.32 Å². The summed E-state index contributed by atoms with van der Waals surface area (Å²) in [5, 5.41) is 3.28. The lowest BCUT2D eigenvalue weighted by atomic mass is 10.2. The number of hydrogen-bond donors (Lipinski definition) is 1. The minimum absolute atomic E-state index is 0.239. The Hall–Kier alpha value is -1.29. The highest BCUT2D eigenvalue weighted by Gasteiger charge is 2.05. The first-order chi connectivity index (χ1) is 9.10. The SMILES string of the molecule is CCCn1ccc(CNc2cc(F)c(Br)cc2C)c1. The van der Waals surface area contributed by atoms with E-state index in [4.69, 9.17) is 0 Å². The van der Waals surface area contributed by atoms with E-state index < -0.39 is 0 Å². The maximum Gasteiger partial charge on any atom is 0.139 e. The Balaban J connectivity index is 2.03. The van der Waals surface area contributed by atoms with Gasteiger partial charge in [0, 0.05) is 31.2 Å². The topological polar surface area (TPSA) is 17.0 Å². The number of hydrogen-bond acceptors (Lipinski definition) is 1. The van der Waals surface area contributed by atoms with E-state index in [0.717, 1.165) is 24.2 Å². The predicted octanol–water partition coefficient (Wildman–Crippen LogP) is 4.72. The summed E-state index contributed by atoms with van der Waals surface area (Å²) in [6.07, 6.45) is 5.33. The molecule has 0 unspecified atom stereocenters. The molecule has 0 amide bonds. The van der Waals surface area contributed by atoms with Gasteiger partial charge in [-0.1, -0.05) is 6.92 Å². The second-order valence-electron chi connectivity index (χ2n) is 4.69. The van der Waals surface area contributed by atoms with Gasteiger partial charge in [0.25, 0.3) is 0 Å². The molecule has 0 aliphatic rings. The quantitative estimate of drug-likeness (QED) is 0.842. The average Bonchev–Trinajstić information content (AvgIpc) is 2.80. The van der Waals surface area contributed by atoms with Crippen LogP contribution in [0.15, 0.2) is 35.1 Å². The molecule has 0 spiro atoms. The zero-order valence-electron chi connectivity index (χ0n) is 11.2. The van der Waals surface area contributed by atoms with Crippen LogP contribution in [-0.4, -0.2) is 4.57 Å². The molecule has 4 heteroatoms. The van der Waals surface area contributed by atoms with Gasteiger partial charge in [0.15, 0.2) is 0 Å². The summed E-state index contributed by atoms with van der Waals surface area (Å²) in [5.74, 6) is -0.239. The summed E-state index contributed by atoms with van der Waals surface area (Å²) < 4.78 is 16.2. The van der Waals surface area contributed by atoms with E-state index in [0.29, 0.717) is 11.0 Å². The van der Waals surface area contributed by atoms with Gasteiger partial charge in [0.2, 0.25) is 0 Å². The molecule has 1 N–H and O–H groups in total. The Labute approximate surface area is 121 Å². The van der Waals surface area contributed by atoms with E-state index in [9.17, 15) is 4.39 Å². The lowest BCUT2D eigenvalue weighted by molar-refractivity contribution is 0.621. The van der Waals surface area contributed by atoms with Crippen molar-refractivity contribution in [2.45, 2.75) is 33.4 Å². The fourth-order valence-corrected chi connectivity index (χ4v) is 2.48. The van der Waals surface area contributed by atoms with Gasteiger partial charge in [-0.3, -0.25) is 0 Å². The van der Waals surface area contributed by atoms with Gasteiger partial charge in [-0.2, -0.15) is 0 Å². The average molecular weight is 325 g/mol. The molecule has 1 aromatic heterocycles. The number of nitrogens with zero attached hydrogens (tertiary/aromatic N) is 1. The molecule has 0 aliphatic heterocycles. The minimum Gasteiger partial charge on any atom is -0.381 e. The van der Waals surface area contributed by atoms with Crippen LogP contribution in [0, 0.1) is 12.7 Å². The molecule has 2 nitrogen and oxygen atoms in total. The fourth-order valence-electron chi connectivity index (χ4n) is 2.03. The van der Waals surface area contributed by atoms with Crippen LogP contribution in [0.4, 0.5) is 10.1 Å². The van der Waals surface area contributed by atoms with Gasteiger partial charge in [-0.25, -0.2) is 4.39 Å². The van der Waals surface area contributed by atoms with Gasteiger partial charge >= 0.3 is 0 Å². The number of rotatable bonds is 5. The number of halogens is 2. The Morgan fingerprint density at radius 1 is 1.37 bits per heavy atom. The van der Waals surface area contributed by atoms with Crippen molar-refractivity contribution in [3.8, 4) is 0 Å². The van der Waals surface area contributed by atoms with Crippen LogP contribution in [0.2, 0.25) is 0 Å². The molecule has 0 radical (unpaired) electrons. The van der Waals surface area contributed by atoms with Crippen molar-refractivity contribution in [2.24, 2.45) is 0 Å². The summed E-state index contributed by atoms with van der Waals surface area (Å²) in [6, 6.07) is 5.41.